The number of para-hydroxylation sites is 2. The van der Waals surface area contributed by atoms with Crippen LogP contribution in [0.3, 0.4) is 0 Å². The molecule has 0 unspecified atom stereocenters. The molecule has 172 valence electrons. The van der Waals surface area contributed by atoms with Gasteiger partial charge in [0, 0.05) is 19.4 Å². The van der Waals surface area contributed by atoms with Crippen LogP contribution in [0.4, 0.5) is 0 Å². The maximum Gasteiger partial charge on any atom is 0.219 e. The van der Waals surface area contributed by atoms with Crippen LogP contribution in [0.2, 0.25) is 0 Å². The van der Waals surface area contributed by atoms with Gasteiger partial charge in [0.25, 0.3) is 0 Å². The summed E-state index contributed by atoms with van der Waals surface area (Å²) < 4.78 is 8.34. The maximum atomic E-state index is 11.3. The van der Waals surface area contributed by atoms with Gasteiger partial charge in [-0.2, -0.15) is 0 Å². The van der Waals surface area contributed by atoms with E-state index in [9.17, 15) is 4.79 Å². The molecule has 3 rings (SSSR count). The van der Waals surface area contributed by atoms with Crippen molar-refractivity contribution in [3.8, 4) is 5.75 Å². The Morgan fingerprint density at radius 1 is 1.03 bits per heavy atom. The number of carbonyl (C=O) groups is 1. The first kappa shape index (κ1) is 23.8. The summed E-state index contributed by atoms with van der Waals surface area (Å²) in [5, 5.41) is 2.94. The molecule has 32 heavy (non-hydrogen) atoms. The lowest BCUT2D eigenvalue weighted by Crippen LogP contribution is -2.23. The van der Waals surface area contributed by atoms with Gasteiger partial charge >= 0.3 is 0 Å². The monoisotopic (exact) mass is 435 g/mol. The molecule has 0 bridgehead atoms. The Bertz CT molecular complexity index is 1000. The second-order valence-corrected chi connectivity index (χ2v) is 9.31. The van der Waals surface area contributed by atoms with E-state index in [1.807, 2.05) is 13.0 Å². The van der Waals surface area contributed by atoms with Gasteiger partial charge in [-0.3, -0.25) is 4.79 Å². The van der Waals surface area contributed by atoms with E-state index in [0.717, 1.165) is 61.4 Å². The summed E-state index contributed by atoms with van der Waals surface area (Å²) >= 11 is 0. The second kappa shape index (κ2) is 11.2. The molecule has 0 spiro atoms. The van der Waals surface area contributed by atoms with Gasteiger partial charge < -0.3 is 14.6 Å². The second-order valence-electron chi connectivity index (χ2n) is 9.31. The van der Waals surface area contributed by atoms with Gasteiger partial charge in [0.05, 0.1) is 17.6 Å². The molecular weight excluding hydrogens is 398 g/mol. The summed E-state index contributed by atoms with van der Waals surface area (Å²) in [7, 11) is 0. The third-order valence-electron chi connectivity index (χ3n) is 5.76. The smallest absolute Gasteiger partial charge is 0.219 e. The predicted molar refractivity (Wildman–Crippen MR) is 131 cm³/mol. The maximum absolute atomic E-state index is 11.3. The fourth-order valence-electron chi connectivity index (χ4n) is 3.81. The van der Waals surface area contributed by atoms with Crippen molar-refractivity contribution in [3.05, 3.63) is 59.9 Å². The zero-order valence-electron chi connectivity index (χ0n) is 20.0. The van der Waals surface area contributed by atoms with Crippen molar-refractivity contribution in [2.24, 2.45) is 0 Å². The van der Waals surface area contributed by atoms with Crippen LogP contribution in [0.15, 0.2) is 48.5 Å². The minimum atomic E-state index is 0.125. The number of aromatic nitrogens is 2. The summed E-state index contributed by atoms with van der Waals surface area (Å²) in [5.74, 6) is 2.13. The fourth-order valence-corrected chi connectivity index (χ4v) is 3.81. The van der Waals surface area contributed by atoms with E-state index in [0.29, 0.717) is 13.0 Å². The van der Waals surface area contributed by atoms with Crippen molar-refractivity contribution < 1.29 is 9.53 Å². The number of aryl methyl sites for hydroxylation is 1. The molecule has 1 aromatic heterocycles. The fraction of sp³-hybridized carbons (Fsp3) is 0.481. The molecule has 0 atom stereocenters. The molecule has 5 heteroatoms. The quantitative estimate of drug-likeness (QED) is 0.396. The van der Waals surface area contributed by atoms with Gasteiger partial charge in [-0.25, -0.2) is 4.98 Å². The Morgan fingerprint density at radius 2 is 1.78 bits per heavy atom. The number of imidazole rings is 1. The number of nitrogens with one attached hydrogen (secondary N) is 1. The van der Waals surface area contributed by atoms with E-state index in [1.165, 1.54) is 5.56 Å². The minimum absolute atomic E-state index is 0.125. The predicted octanol–water partition coefficient (Wildman–Crippen LogP) is 5.65. The van der Waals surface area contributed by atoms with Crippen LogP contribution >= 0.6 is 0 Å². The standard InChI is InChI=1S/C27H37N3O2/c1-5-26(31)28-18-10-6-7-13-25-29-23-11-8-9-12-24(23)30(25)19-20-32-22-16-14-21(15-17-22)27(2,3)4/h8-9,11-12,14-17H,5-7,10,13,18-20H2,1-4H3,(H,28,31). The first-order valence-corrected chi connectivity index (χ1v) is 11.8. The van der Waals surface area contributed by atoms with Gasteiger partial charge in [-0.15, -0.1) is 0 Å². The van der Waals surface area contributed by atoms with Crippen LogP contribution in [0.1, 0.15) is 64.8 Å². The number of carbonyl (C=O) groups excluding carboxylic acids is 1. The first-order valence-electron chi connectivity index (χ1n) is 11.8. The van der Waals surface area contributed by atoms with Crippen molar-refractivity contribution in [1.29, 1.82) is 0 Å². The summed E-state index contributed by atoms with van der Waals surface area (Å²) in [4.78, 5) is 16.2. The first-order chi connectivity index (χ1) is 15.4. The lowest BCUT2D eigenvalue weighted by molar-refractivity contribution is -0.120. The van der Waals surface area contributed by atoms with E-state index in [4.69, 9.17) is 9.72 Å². The van der Waals surface area contributed by atoms with Crippen molar-refractivity contribution in [2.45, 2.75) is 71.8 Å². The summed E-state index contributed by atoms with van der Waals surface area (Å²) in [5.41, 5.74) is 3.64. The zero-order valence-corrected chi connectivity index (χ0v) is 20.0. The number of hydrogen-bond donors (Lipinski definition) is 1. The van der Waals surface area contributed by atoms with Crippen LogP contribution in [-0.4, -0.2) is 28.6 Å². The Labute approximate surface area is 192 Å². The van der Waals surface area contributed by atoms with Crippen LogP contribution < -0.4 is 10.1 Å². The number of amides is 1. The third-order valence-corrected chi connectivity index (χ3v) is 5.76. The topological polar surface area (TPSA) is 56.2 Å². The number of unbranched alkanes of at least 4 members (excludes halogenated alkanes) is 2. The average Bonchev–Trinajstić information content (AvgIpc) is 3.13. The molecule has 3 aromatic rings. The molecular formula is C27H37N3O2. The SMILES string of the molecule is CCC(=O)NCCCCCc1nc2ccccc2n1CCOc1ccc(C(C)(C)C)cc1. The van der Waals surface area contributed by atoms with Gasteiger partial charge in [0.15, 0.2) is 0 Å². The number of nitrogens with zero attached hydrogens (tertiary/aromatic N) is 2. The minimum Gasteiger partial charge on any atom is -0.492 e. The van der Waals surface area contributed by atoms with Gasteiger partial charge in [0.1, 0.15) is 18.2 Å². The van der Waals surface area contributed by atoms with Gasteiger partial charge in [-0.1, -0.05) is 58.4 Å². The Kier molecular flexibility index (Phi) is 8.32. The van der Waals surface area contributed by atoms with E-state index >= 15 is 0 Å². The van der Waals surface area contributed by atoms with Crippen molar-refractivity contribution in [2.75, 3.05) is 13.2 Å². The molecule has 0 saturated carbocycles. The Hall–Kier alpha value is -2.82. The van der Waals surface area contributed by atoms with E-state index in [2.05, 4.69) is 73.1 Å². The Morgan fingerprint density at radius 3 is 2.50 bits per heavy atom. The molecule has 0 radical (unpaired) electrons. The zero-order chi connectivity index (χ0) is 23.0. The summed E-state index contributed by atoms with van der Waals surface area (Å²) in [6.45, 7) is 10.7. The summed E-state index contributed by atoms with van der Waals surface area (Å²) in [6.07, 6.45) is 4.60. The molecule has 1 amide bonds. The molecule has 0 fully saturated rings. The number of hydrogen-bond acceptors (Lipinski definition) is 3. The van der Waals surface area contributed by atoms with Crippen molar-refractivity contribution in [1.82, 2.24) is 14.9 Å². The largest absolute Gasteiger partial charge is 0.492 e. The third kappa shape index (κ3) is 6.59. The van der Waals surface area contributed by atoms with E-state index in [1.54, 1.807) is 0 Å². The molecule has 0 saturated heterocycles. The van der Waals surface area contributed by atoms with Crippen molar-refractivity contribution >= 4 is 16.9 Å². The van der Waals surface area contributed by atoms with Crippen molar-refractivity contribution in [3.63, 3.8) is 0 Å². The highest BCUT2D eigenvalue weighted by Crippen LogP contribution is 2.24. The molecule has 5 nitrogen and oxygen atoms in total. The van der Waals surface area contributed by atoms with E-state index < -0.39 is 0 Å². The molecule has 0 aliphatic heterocycles. The molecule has 1 N–H and O–H groups in total. The lowest BCUT2D eigenvalue weighted by Gasteiger charge is -2.19. The molecule has 0 aliphatic carbocycles. The Balaban J connectivity index is 1.56. The highest BCUT2D eigenvalue weighted by atomic mass is 16.5. The molecule has 0 aliphatic rings. The number of benzene rings is 2. The number of rotatable bonds is 11. The number of fused-ring (bicyclic) bond motifs is 1. The van der Waals surface area contributed by atoms with Crippen LogP contribution in [0.25, 0.3) is 11.0 Å². The van der Waals surface area contributed by atoms with E-state index in [-0.39, 0.29) is 11.3 Å². The number of ether oxygens (including phenoxy) is 1. The van der Waals surface area contributed by atoms with Gasteiger partial charge in [0.2, 0.25) is 5.91 Å². The molecule has 1 heterocycles. The molecule has 2 aromatic carbocycles. The highest BCUT2D eigenvalue weighted by Gasteiger charge is 2.13. The lowest BCUT2D eigenvalue weighted by atomic mass is 9.87. The van der Waals surface area contributed by atoms with Crippen LogP contribution in [0.5, 0.6) is 5.75 Å². The van der Waals surface area contributed by atoms with Gasteiger partial charge in [-0.05, 0) is 48.1 Å². The summed E-state index contributed by atoms with van der Waals surface area (Å²) in [6, 6.07) is 16.7. The average molecular weight is 436 g/mol. The van der Waals surface area contributed by atoms with Crippen LogP contribution in [-0.2, 0) is 23.2 Å². The highest BCUT2D eigenvalue weighted by molar-refractivity contribution is 5.76. The normalized spacial score (nSPS) is 11.6. The van der Waals surface area contributed by atoms with Crippen LogP contribution in [0, 0.1) is 0 Å².